The molecule has 1 atom stereocenters. The number of nitrogens with one attached hydrogen (secondary N) is 1. The third kappa shape index (κ3) is 2.70. The quantitative estimate of drug-likeness (QED) is 0.869. The van der Waals surface area contributed by atoms with E-state index in [1.807, 2.05) is 0 Å². The fourth-order valence-corrected chi connectivity index (χ4v) is 1.74. The molecule has 0 aliphatic carbocycles. The zero-order valence-corrected chi connectivity index (χ0v) is 10.2. The molecule has 0 fully saturated rings. The van der Waals surface area contributed by atoms with Crippen molar-refractivity contribution in [3.8, 4) is 5.75 Å². The van der Waals surface area contributed by atoms with Crippen molar-refractivity contribution >= 4 is 21.8 Å². The highest BCUT2D eigenvalue weighted by Crippen LogP contribution is 2.27. The minimum atomic E-state index is -0.655. The maximum absolute atomic E-state index is 11.3. The predicted molar refractivity (Wildman–Crippen MR) is 61.7 cm³/mol. The van der Waals surface area contributed by atoms with Gasteiger partial charge in [0.25, 0.3) is 0 Å². The van der Waals surface area contributed by atoms with Gasteiger partial charge in [0.15, 0.2) is 0 Å². The lowest BCUT2D eigenvalue weighted by molar-refractivity contribution is -0.121. The summed E-state index contributed by atoms with van der Waals surface area (Å²) < 4.78 is 5.86. The number of hydrogen-bond donors (Lipinski definition) is 2. The summed E-state index contributed by atoms with van der Waals surface area (Å²) in [5.74, 6) is 0.495. The fraction of sp³-hybridized carbons (Fsp3) is 0.300. The summed E-state index contributed by atoms with van der Waals surface area (Å²) in [4.78, 5) is 11.3. The monoisotopic (exact) mass is 272 g/mol. The smallest absolute Gasteiger partial charge is 0.241 e. The number of ether oxygens (including phenoxy) is 1. The molecule has 0 radical (unpaired) electrons. The maximum Gasteiger partial charge on any atom is 0.241 e. The van der Waals surface area contributed by atoms with E-state index in [1.54, 1.807) is 32.4 Å². The first-order chi connectivity index (χ1) is 7.10. The van der Waals surface area contributed by atoms with E-state index in [1.165, 1.54) is 0 Å². The van der Waals surface area contributed by atoms with Gasteiger partial charge in [0.2, 0.25) is 5.91 Å². The summed E-state index contributed by atoms with van der Waals surface area (Å²) in [6, 6.07) is 4.65. The molecule has 0 bridgehead atoms. The molecule has 1 rings (SSSR count). The second kappa shape index (κ2) is 5.14. The van der Waals surface area contributed by atoms with Crippen molar-refractivity contribution in [1.82, 2.24) is 5.32 Å². The van der Waals surface area contributed by atoms with E-state index in [4.69, 9.17) is 10.5 Å². The molecule has 3 N–H and O–H groups in total. The molecule has 4 nitrogen and oxygen atoms in total. The second-order valence-corrected chi connectivity index (χ2v) is 3.84. The Morgan fingerprint density at radius 2 is 2.27 bits per heavy atom. The van der Waals surface area contributed by atoms with E-state index in [2.05, 4.69) is 21.2 Å². The van der Waals surface area contributed by atoms with Crippen LogP contribution < -0.4 is 15.8 Å². The molecular weight excluding hydrogens is 260 g/mol. The topological polar surface area (TPSA) is 64.4 Å². The van der Waals surface area contributed by atoms with Crippen LogP contribution in [0.3, 0.4) is 0 Å². The molecule has 0 saturated heterocycles. The normalized spacial score (nSPS) is 12.0. The van der Waals surface area contributed by atoms with Crippen LogP contribution in [0.25, 0.3) is 0 Å². The number of carbonyl (C=O) groups excluding carboxylic acids is 1. The van der Waals surface area contributed by atoms with Gasteiger partial charge in [-0.05, 0) is 33.6 Å². The lowest BCUT2D eigenvalue weighted by Crippen LogP contribution is -2.31. The highest BCUT2D eigenvalue weighted by Gasteiger charge is 2.15. The van der Waals surface area contributed by atoms with Crippen LogP contribution in [-0.2, 0) is 4.79 Å². The van der Waals surface area contributed by atoms with Crippen LogP contribution in [0, 0.1) is 0 Å². The predicted octanol–water partition coefficient (Wildman–Crippen LogP) is 1.20. The molecule has 0 aliphatic rings. The molecule has 1 amide bonds. The Bertz CT molecular complexity index is 368. The van der Waals surface area contributed by atoms with Crippen LogP contribution >= 0.6 is 15.9 Å². The first-order valence-electron chi connectivity index (χ1n) is 4.40. The molecule has 1 unspecified atom stereocenters. The van der Waals surface area contributed by atoms with Gasteiger partial charge in [-0.25, -0.2) is 0 Å². The van der Waals surface area contributed by atoms with E-state index in [0.29, 0.717) is 5.75 Å². The highest BCUT2D eigenvalue weighted by atomic mass is 79.9. The van der Waals surface area contributed by atoms with E-state index in [9.17, 15) is 4.79 Å². The van der Waals surface area contributed by atoms with Gasteiger partial charge < -0.3 is 15.8 Å². The van der Waals surface area contributed by atoms with Crippen molar-refractivity contribution in [2.24, 2.45) is 5.73 Å². The molecule has 5 heteroatoms. The minimum absolute atomic E-state index is 0.216. The van der Waals surface area contributed by atoms with Crippen molar-refractivity contribution < 1.29 is 9.53 Å². The Kier molecular flexibility index (Phi) is 4.11. The van der Waals surface area contributed by atoms with Crippen molar-refractivity contribution in [2.75, 3.05) is 14.2 Å². The maximum atomic E-state index is 11.3. The van der Waals surface area contributed by atoms with Gasteiger partial charge in [0.05, 0.1) is 11.6 Å². The van der Waals surface area contributed by atoms with E-state index < -0.39 is 6.04 Å². The molecule has 1 aromatic rings. The Hall–Kier alpha value is -1.07. The number of halogens is 1. The van der Waals surface area contributed by atoms with Crippen molar-refractivity contribution in [1.29, 1.82) is 0 Å². The summed E-state index contributed by atoms with van der Waals surface area (Å²) in [5, 5.41) is 2.50. The summed E-state index contributed by atoms with van der Waals surface area (Å²) >= 11 is 3.33. The van der Waals surface area contributed by atoms with Gasteiger partial charge >= 0.3 is 0 Å². The van der Waals surface area contributed by atoms with Crippen LogP contribution in [0.5, 0.6) is 5.75 Å². The number of carbonyl (C=O) groups is 1. The summed E-state index contributed by atoms with van der Waals surface area (Å²) in [6.45, 7) is 0. The first-order valence-corrected chi connectivity index (χ1v) is 5.20. The number of benzene rings is 1. The van der Waals surface area contributed by atoms with Crippen molar-refractivity contribution in [2.45, 2.75) is 6.04 Å². The van der Waals surface area contributed by atoms with Crippen LogP contribution in [-0.4, -0.2) is 20.1 Å². The van der Waals surface area contributed by atoms with Crippen LogP contribution in [0.1, 0.15) is 11.6 Å². The average Bonchev–Trinajstić information content (AvgIpc) is 2.26. The van der Waals surface area contributed by atoms with Crippen molar-refractivity contribution in [3.05, 3.63) is 28.2 Å². The summed E-state index contributed by atoms with van der Waals surface area (Å²) in [6.07, 6.45) is 0. The third-order valence-corrected chi connectivity index (χ3v) is 2.68. The standard InChI is InChI=1S/C10H13BrN2O2/c1-13-10(14)9(12)6-3-4-8(15-2)7(11)5-6/h3-5,9H,12H2,1-2H3,(H,13,14). The van der Waals surface area contributed by atoms with Gasteiger partial charge in [-0.1, -0.05) is 6.07 Å². The van der Waals surface area contributed by atoms with Crippen LogP contribution in [0.15, 0.2) is 22.7 Å². The van der Waals surface area contributed by atoms with Gasteiger partial charge in [-0.15, -0.1) is 0 Å². The van der Waals surface area contributed by atoms with Gasteiger partial charge in [0.1, 0.15) is 11.8 Å². The Labute approximate surface area is 96.9 Å². The lowest BCUT2D eigenvalue weighted by atomic mass is 10.1. The SMILES string of the molecule is CNC(=O)C(N)c1ccc(OC)c(Br)c1. The number of likely N-dealkylation sites (N-methyl/N-ethyl adjacent to an activating group) is 1. The molecule has 0 saturated carbocycles. The van der Waals surface area contributed by atoms with E-state index in [0.717, 1.165) is 10.0 Å². The first kappa shape index (κ1) is 12.0. The van der Waals surface area contributed by atoms with Gasteiger partial charge in [-0.2, -0.15) is 0 Å². The largest absolute Gasteiger partial charge is 0.496 e. The summed E-state index contributed by atoms with van der Waals surface area (Å²) in [5.41, 5.74) is 6.47. The molecule has 15 heavy (non-hydrogen) atoms. The minimum Gasteiger partial charge on any atom is -0.496 e. The fourth-order valence-electron chi connectivity index (χ4n) is 1.18. The lowest BCUT2D eigenvalue weighted by Gasteiger charge is -2.12. The zero-order valence-electron chi connectivity index (χ0n) is 8.58. The third-order valence-electron chi connectivity index (χ3n) is 2.06. The Morgan fingerprint density at radius 1 is 1.60 bits per heavy atom. The number of rotatable bonds is 3. The second-order valence-electron chi connectivity index (χ2n) is 2.99. The Balaban J connectivity index is 2.97. The molecule has 0 aliphatic heterocycles. The van der Waals surface area contributed by atoms with Crippen LogP contribution in [0.4, 0.5) is 0 Å². The highest BCUT2D eigenvalue weighted by molar-refractivity contribution is 9.10. The number of methoxy groups -OCH3 is 1. The molecular formula is C10H13BrN2O2. The van der Waals surface area contributed by atoms with Gasteiger partial charge in [-0.3, -0.25) is 4.79 Å². The molecule has 1 aromatic carbocycles. The molecule has 0 spiro atoms. The van der Waals surface area contributed by atoms with E-state index >= 15 is 0 Å². The molecule has 0 aromatic heterocycles. The van der Waals surface area contributed by atoms with E-state index in [-0.39, 0.29) is 5.91 Å². The Morgan fingerprint density at radius 3 is 2.73 bits per heavy atom. The average molecular weight is 273 g/mol. The number of hydrogen-bond acceptors (Lipinski definition) is 3. The number of amides is 1. The van der Waals surface area contributed by atoms with Crippen molar-refractivity contribution in [3.63, 3.8) is 0 Å². The molecule has 0 heterocycles. The summed E-state index contributed by atoms with van der Waals surface area (Å²) in [7, 11) is 3.14. The zero-order chi connectivity index (χ0) is 11.4. The molecule has 82 valence electrons. The number of nitrogens with two attached hydrogens (primary N) is 1. The van der Waals surface area contributed by atoms with Gasteiger partial charge in [0, 0.05) is 7.05 Å². The van der Waals surface area contributed by atoms with Crippen LogP contribution in [0.2, 0.25) is 0 Å².